The molecule has 0 aromatic heterocycles. The molecule has 0 amide bonds. The number of aliphatic hydroxyl groups excluding tert-OH is 3. The van der Waals surface area contributed by atoms with E-state index >= 15 is 0 Å². The molecule has 0 spiro atoms. The smallest absolute Gasteiger partial charge is 0.335 e. The van der Waals surface area contributed by atoms with Crippen molar-refractivity contribution in [1.82, 2.24) is 0 Å². The topological polar surface area (TPSA) is 107 Å². The standard InChI is InChI=1S/C8H14O6S/c1-2-15-8-5(11)3(9)4(10)6(14-8)7(12)13/h3-6,8-11H,2H2,1H3,(H,12,13)/t3-,4-,5+,6-,8+/m0/s1. The first-order chi connectivity index (χ1) is 6.99. The van der Waals surface area contributed by atoms with Crippen LogP contribution in [0.25, 0.3) is 0 Å². The van der Waals surface area contributed by atoms with Crippen molar-refractivity contribution in [3.05, 3.63) is 0 Å². The molecule has 0 aliphatic carbocycles. The predicted molar refractivity (Wildman–Crippen MR) is 52.4 cm³/mol. The van der Waals surface area contributed by atoms with Gasteiger partial charge in [0, 0.05) is 0 Å². The van der Waals surface area contributed by atoms with Crippen LogP contribution in [0.1, 0.15) is 6.92 Å². The molecule has 1 aliphatic rings. The van der Waals surface area contributed by atoms with E-state index in [1.54, 1.807) is 0 Å². The molecule has 0 radical (unpaired) electrons. The van der Waals surface area contributed by atoms with E-state index in [4.69, 9.17) is 9.84 Å². The summed E-state index contributed by atoms with van der Waals surface area (Å²) in [4.78, 5) is 10.7. The molecule has 0 bridgehead atoms. The number of hydrogen-bond donors (Lipinski definition) is 4. The number of carbonyl (C=O) groups is 1. The highest BCUT2D eigenvalue weighted by Gasteiger charge is 2.46. The molecule has 1 saturated heterocycles. The largest absolute Gasteiger partial charge is 0.479 e. The van der Waals surface area contributed by atoms with Crippen LogP contribution in [-0.2, 0) is 9.53 Å². The highest BCUT2D eigenvalue weighted by molar-refractivity contribution is 7.99. The molecular formula is C8H14O6S. The Labute approximate surface area is 90.9 Å². The minimum absolute atomic E-state index is 0.608. The fourth-order valence-electron chi connectivity index (χ4n) is 1.35. The molecule has 15 heavy (non-hydrogen) atoms. The summed E-state index contributed by atoms with van der Waals surface area (Å²) in [7, 11) is 0. The van der Waals surface area contributed by atoms with Crippen molar-refractivity contribution in [1.29, 1.82) is 0 Å². The Bertz CT molecular complexity index is 235. The first-order valence-electron chi connectivity index (χ1n) is 4.53. The van der Waals surface area contributed by atoms with E-state index in [2.05, 4.69) is 0 Å². The Morgan fingerprint density at radius 1 is 1.27 bits per heavy atom. The average molecular weight is 238 g/mol. The third-order valence-electron chi connectivity index (χ3n) is 2.14. The molecule has 4 N–H and O–H groups in total. The summed E-state index contributed by atoms with van der Waals surface area (Å²) in [6.07, 6.45) is -5.87. The summed E-state index contributed by atoms with van der Waals surface area (Å²) in [5.41, 5.74) is -0.825. The van der Waals surface area contributed by atoms with Crippen molar-refractivity contribution < 1.29 is 30.0 Å². The molecule has 0 unspecified atom stereocenters. The second-order valence-electron chi connectivity index (χ2n) is 3.19. The number of thioether (sulfide) groups is 1. The lowest BCUT2D eigenvalue weighted by Gasteiger charge is -2.38. The second-order valence-corrected chi connectivity index (χ2v) is 4.57. The predicted octanol–water partition coefficient (Wildman–Crippen LogP) is -1.37. The quantitative estimate of drug-likeness (QED) is 0.480. The van der Waals surface area contributed by atoms with Crippen molar-refractivity contribution in [2.24, 2.45) is 0 Å². The first kappa shape index (κ1) is 12.7. The highest BCUT2D eigenvalue weighted by Crippen LogP contribution is 2.28. The zero-order chi connectivity index (χ0) is 11.6. The van der Waals surface area contributed by atoms with E-state index in [0.717, 1.165) is 0 Å². The van der Waals surface area contributed by atoms with Gasteiger partial charge in [0.2, 0.25) is 0 Å². The zero-order valence-corrected chi connectivity index (χ0v) is 8.92. The van der Waals surface area contributed by atoms with Gasteiger partial charge in [-0.15, -0.1) is 11.8 Å². The van der Waals surface area contributed by atoms with Gasteiger partial charge in [0.1, 0.15) is 23.7 Å². The highest BCUT2D eigenvalue weighted by atomic mass is 32.2. The van der Waals surface area contributed by atoms with Gasteiger partial charge in [-0.05, 0) is 5.75 Å². The average Bonchev–Trinajstić information content (AvgIpc) is 2.18. The number of aliphatic carboxylic acids is 1. The Balaban J connectivity index is 2.75. The van der Waals surface area contributed by atoms with E-state index < -0.39 is 35.8 Å². The van der Waals surface area contributed by atoms with Gasteiger partial charge in [0.15, 0.2) is 6.10 Å². The van der Waals surface area contributed by atoms with Gasteiger partial charge >= 0.3 is 5.97 Å². The van der Waals surface area contributed by atoms with Gasteiger partial charge in [0.25, 0.3) is 0 Å². The van der Waals surface area contributed by atoms with E-state index in [0.29, 0.717) is 5.75 Å². The number of hydrogen-bond acceptors (Lipinski definition) is 6. The van der Waals surface area contributed by atoms with Gasteiger partial charge < -0.3 is 25.2 Å². The molecule has 1 fully saturated rings. The van der Waals surface area contributed by atoms with Gasteiger partial charge in [-0.3, -0.25) is 0 Å². The lowest BCUT2D eigenvalue weighted by molar-refractivity contribution is -0.209. The number of ether oxygens (including phenoxy) is 1. The Morgan fingerprint density at radius 2 is 1.87 bits per heavy atom. The van der Waals surface area contributed by atoms with E-state index in [9.17, 15) is 20.1 Å². The van der Waals surface area contributed by atoms with Crippen molar-refractivity contribution in [2.75, 3.05) is 5.75 Å². The SMILES string of the molecule is CCS[C@H]1O[C@H](C(=O)O)[C@@H](O)[C@H](O)[C@H]1O. The minimum Gasteiger partial charge on any atom is -0.479 e. The van der Waals surface area contributed by atoms with Crippen LogP contribution in [0.3, 0.4) is 0 Å². The van der Waals surface area contributed by atoms with E-state index in [-0.39, 0.29) is 0 Å². The van der Waals surface area contributed by atoms with Crippen molar-refractivity contribution in [3.8, 4) is 0 Å². The summed E-state index contributed by atoms with van der Waals surface area (Å²) < 4.78 is 4.99. The van der Waals surface area contributed by atoms with Crippen LogP contribution in [-0.4, -0.2) is 62.0 Å². The maximum Gasteiger partial charge on any atom is 0.335 e. The Morgan fingerprint density at radius 3 is 2.33 bits per heavy atom. The molecule has 88 valence electrons. The van der Waals surface area contributed by atoms with Crippen LogP contribution in [0.2, 0.25) is 0 Å². The fraction of sp³-hybridized carbons (Fsp3) is 0.875. The molecule has 1 rings (SSSR count). The third-order valence-corrected chi connectivity index (χ3v) is 3.20. The molecule has 0 aromatic rings. The molecule has 5 atom stereocenters. The first-order valence-corrected chi connectivity index (χ1v) is 5.58. The molecule has 7 heteroatoms. The lowest BCUT2D eigenvalue weighted by Crippen LogP contribution is -2.58. The number of aliphatic hydroxyl groups is 3. The molecule has 1 heterocycles. The molecular weight excluding hydrogens is 224 g/mol. The van der Waals surface area contributed by atoms with Gasteiger partial charge in [-0.2, -0.15) is 0 Å². The summed E-state index contributed by atoms with van der Waals surface area (Å²) in [6.45, 7) is 1.81. The van der Waals surface area contributed by atoms with Gasteiger partial charge in [-0.1, -0.05) is 6.92 Å². The normalized spacial score (nSPS) is 41.5. The molecule has 6 nitrogen and oxygen atoms in total. The van der Waals surface area contributed by atoms with Crippen molar-refractivity contribution >= 4 is 17.7 Å². The maximum absolute atomic E-state index is 10.7. The lowest BCUT2D eigenvalue weighted by atomic mass is 10.0. The fourth-order valence-corrected chi connectivity index (χ4v) is 2.24. The summed E-state index contributed by atoms with van der Waals surface area (Å²) in [6, 6.07) is 0. The van der Waals surface area contributed by atoms with Crippen molar-refractivity contribution in [2.45, 2.75) is 36.8 Å². The monoisotopic (exact) mass is 238 g/mol. The summed E-state index contributed by atoms with van der Waals surface area (Å²) >= 11 is 1.18. The number of carboxylic acids is 1. The van der Waals surface area contributed by atoms with Crippen LogP contribution in [0.5, 0.6) is 0 Å². The molecule has 1 aliphatic heterocycles. The zero-order valence-electron chi connectivity index (χ0n) is 8.11. The second kappa shape index (κ2) is 5.13. The number of rotatable bonds is 3. The van der Waals surface area contributed by atoms with E-state index in [1.807, 2.05) is 6.92 Å². The van der Waals surface area contributed by atoms with Crippen LogP contribution < -0.4 is 0 Å². The number of carboxylic acid groups (broad SMARTS) is 1. The summed E-state index contributed by atoms with van der Waals surface area (Å²) in [5, 5.41) is 36.9. The van der Waals surface area contributed by atoms with Gasteiger partial charge in [0.05, 0.1) is 0 Å². The van der Waals surface area contributed by atoms with E-state index in [1.165, 1.54) is 11.8 Å². The van der Waals surface area contributed by atoms with Crippen LogP contribution in [0.15, 0.2) is 0 Å². The van der Waals surface area contributed by atoms with Crippen LogP contribution in [0, 0.1) is 0 Å². The van der Waals surface area contributed by atoms with Crippen LogP contribution >= 0.6 is 11.8 Å². The Hall–Kier alpha value is -0.340. The summed E-state index contributed by atoms with van der Waals surface area (Å²) in [5.74, 6) is -0.744. The minimum atomic E-state index is -1.61. The Kier molecular flexibility index (Phi) is 4.35. The van der Waals surface area contributed by atoms with Gasteiger partial charge in [-0.25, -0.2) is 4.79 Å². The maximum atomic E-state index is 10.7. The third kappa shape index (κ3) is 2.61. The van der Waals surface area contributed by atoms with Crippen LogP contribution in [0.4, 0.5) is 0 Å². The van der Waals surface area contributed by atoms with Crippen molar-refractivity contribution in [3.63, 3.8) is 0 Å². The molecule has 0 saturated carbocycles. The molecule has 0 aromatic carbocycles.